The van der Waals surface area contributed by atoms with Crippen molar-refractivity contribution in [3.8, 4) is 11.4 Å². The van der Waals surface area contributed by atoms with E-state index in [-0.39, 0.29) is 0 Å². The number of benzene rings is 1. The summed E-state index contributed by atoms with van der Waals surface area (Å²) in [6, 6.07) is 11.5. The number of hydrogen-bond acceptors (Lipinski definition) is 7. The van der Waals surface area contributed by atoms with Crippen LogP contribution >= 0.6 is 0 Å². The largest absolute Gasteiger partial charge is 0.497 e. The van der Waals surface area contributed by atoms with Crippen LogP contribution in [0.4, 0.5) is 5.82 Å². The van der Waals surface area contributed by atoms with Crippen molar-refractivity contribution in [2.24, 2.45) is 10.2 Å². The fraction of sp³-hybridized carbons (Fsp3) is 0.111. The third-order valence-electron chi connectivity index (χ3n) is 3.81. The lowest BCUT2D eigenvalue weighted by atomic mass is 10.3. The van der Waals surface area contributed by atoms with E-state index in [1.165, 1.54) is 6.33 Å². The van der Waals surface area contributed by atoms with E-state index in [9.17, 15) is 0 Å². The van der Waals surface area contributed by atoms with Crippen LogP contribution in [0.2, 0.25) is 0 Å². The molecule has 0 atom stereocenters. The van der Waals surface area contributed by atoms with E-state index in [2.05, 4.69) is 30.2 Å². The third kappa shape index (κ3) is 3.12. The summed E-state index contributed by atoms with van der Waals surface area (Å²) in [5.74, 6) is 1.20. The van der Waals surface area contributed by atoms with Crippen LogP contribution in [-0.2, 0) is 6.54 Å². The number of imidazole rings is 1. The molecule has 0 aliphatic heterocycles. The second-order valence-electron chi connectivity index (χ2n) is 5.44. The van der Waals surface area contributed by atoms with Crippen molar-refractivity contribution in [3.05, 3.63) is 67.0 Å². The molecule has 8 nitrogen and oxygen atoms in total. The fourth-order valence-corrected chi connectivity index (χ4v) is 2.52. The molecule has 0 saturated heterocycles. The van der Waals surface area contributed by atoms with Crippen LogP contribution in [-0.4, -0.2) is 31.6 Å². The van der Waals surface area contributed by atoms with Gasteiger partial charge in [0.1, 0.15) is 18.4 Å². The monoisotopic (exact) mass is 345 g/mol. The summed E-state index contributed by atoms with van der Waals surface area (Å²) in [7, 11) is 1.63. The molecule has 26 heavy (non-hydrogen) atoms. The minimum absolute atomic E-state index is 0.436. The fourth-order valence-electron chi connectivity index (χ4n) is 2.52. The average molecular weight is 345 g/mol. The van der Waals surface area contributed by atoms with Gasteiger partial charge in [-0.3, -0.25) is 9.55 Å². The van der Waals surface area contributed by atoms with Gasteiger partial charge in [0, 0.05) is 18.5 Å². The Morgan fingerprint density at radius 3 is 2.81 bits per heavy atom. The molecule has 8 heteroatoms. The Morgan fingerprint density at radius 2 is 1.96 bits per heavy atom. The minimum atomic E-state index is 0.436. The van der Waals surface area contributed by atoms with E-state index >= 15 is 0 Å². The lowest BCUT2D eigenvalue weighted by molar-refractivity contribution is 0.414. The number of fused-ring (bicyclic) bond motifs is 1. The van der Waals surface area contributed by atoms with Gasteiger partial charge in [-0.05, 0) is 29.8 Å². The van der Waals surface area contributed by atoms with E-state index in [0.717, 1.165) is 17.0 Å². The van der Waals surface area contributed by atoms with Gasteiger partial charge in [0.15, 0.2) is 11.2 Å². The molecule has 1 aromatic carbocycles. The van der Waals surface area contributed by atoms with Gasteiger partial charge in [-0.15, -0.1) is 5.11 Å². The molecule has 0 aliphatic rings. The van der Waals surface area contributed by atoms with Crippen molar-refractivity contribution in [1.29, 1.82) is 0 Å². The van der Waals surface area contributed by atoms with E-state index < -0.39 is 0 Å². The Labute approximate surface area is 149 Å². The molecule has 0 aliphatic carbocycles. The van der Waals surface area contributed by atoms with E-state index in [0.29, 0.717) is 23.5 Å². The van der Waals surface area contributed by atoms with Gasteiger partial charge in [-0.1, -0.05) is 6.07 Å². The first kappa shape index (κ1) is 15.8. The van der Waals surface area contributed by atoms with Gasteiger partial charge < -0.3 is 4.74 Å². The molecule has 4 rings (SSSR count). The molecule has 0 bridgehead atoms. The molecule has 0 N–H and O–H groups in total. The van der Waals surface area contributed by atoms with Gasteiger partial charge >= 0.3 is 0 Å². The zero-order valence-corrected chi connectivity index (χ0v) is 14.0. The van der Waals surface area contributed by atoms with Crippen molar-refractivity contribution in [1.82, 2.24) is 24.5 Å². The molecule has 4 aromatic rings. The van der Waals surface area contributed by atoms with Gasteiger partial charge in [0.2, 0.25) is 5.82 Å². The summed E-state index contributed by atoms with van der Waals surface area (Å²) < 4.78 is 7.14. The molecule has 0 radical (unpaired) electrons. The van der Waals surface area contributed by atoms with Gasteiger partial charge in [0.25, 0.3) is 0 Å². The molecule has 0 saturated carbocycles. The summed E-state index contributed by atoms with van der Waals surface area (Å²) in [6.07, 6.45) is 6.60. The Balaban J connectivity index is 1.66. The maximum atomic E-state index is 5.28. The number of hydrogen-bond donors (Lipinski definition) is 0. The maximum absolute atomic E-state index is 5.28. The predicted molar refractivity (Wildman–Crippen MR) is 95.7 cm³/mol. The van der Waals surface area contributed by atoms with E-state index in [4.69, 9.17) is 4.74 Å². The Morgan fingerprint density at radius 1 is 1.08 bits per heavy atom. The zero-order chi connectivity index (χ0) is 17.8. The predicted octanol–water partition coefficient (Wildman–Crippen LogP) is 3.50. The second kappa shape index (κ2) is 7.06. The lowest BCUT2D eigenvalue weighted by Crippen LogP contribution is -1.95. The molecule has 0 spiro atoms. The summed E-state index contributed by atoms with van der Waals surface area (Å²) in [6.45, 7) is 0.449. The first-order valence-corrected chi connectivity index (χ1v) is 7.94. The first-order chi connectivity index (χ1) is 12.8. The highest BCUT2D eigenvalue weighted by atomic mass is 16.5. The highest BCUT2D eigenvalue weighted by molar-refractivity contribution is 5.82. The van der Waals surface area contributed by atoms with Crippen LogP contribution in [0.25, 0.3) is 16.9 Å². The normalized spacial score (nSPS) is 11.3. The van der Waals surface area contributed by atoms with Crippen LogP contribution in [0.5, 0.6) is 5.75 Å². The number of nitrogens with zero attached hydrogens (tertiary/aromatic N) is 7. The number of azo groups is 1. The quantitative estimate of drug-likeness (QED) is 0.516. The Hall–Kier alpha value is -3.68. The van der Waals surface area contributed by atoms with E-state index in [1.807, 2.05) is 41.0 Å². The van der Waals surface area contributed by atoms with Gasteiger partial charge in [0.05, 0.1) is 19.3 Å². The number of methoxy groups -OCH3 is 1. The Bertz CT molecular complexity index is 1060. The van der Waals surface area contributed by atoms with Crippen molar-refractivity contribution < 1.29 is 4.74 Å². The van der Waals surface area contributed by atoms with Crippen molar-refractivity contribution in [3.63, 3.8) is 0 Å². The van der Waals surface area contributed by atoms with Crippen LogP contribution in [0, 0.1) is 0 Å². The van der Waals surface area contributed by atoms with Crippen molar-refractivity contribution in [2.75, 3.05) is 7.11 Å². The summed E-state index contributed by atoms with van der Waals surface area (Å²) in [5.41, 5.74) is 3.17. The molecule has 3 aromatic heterocycles. The molecule has 0 amide bonds. The second-order valence-corrected chi connectivity index (χ2v) is 5.44. The van der Waals surface area contributed by atoms with Gasteiger partial charge in [-0.2, -0.15) is 5.11 Å². The third-order valence-corrected chi connectivity index (χ3v) is 3.81. The number of pyridine rings is 1. The van der Waals surface area contributed by atoms with Crippen LogP contribution in [0.15, 0.2) is 71.7 Å². The van der Waals surface area contributed by atoms with E-state index in [1.54, 1.807) is 25.8 Å². The molecular formula is C18H15N7O. The molecule has 0 fully saturated rings. The SMILES string of the molecule is COc1cccc(-n2cnc3c(N=NCc4ccncc4)ncnc32)c1. The standard InChI is InChI=1S/C18H15N7O/c1-26-15-4-2-3-14(9-15)25-12-22-16-17(20-11-21-18(16)25)24-23-10-13-5-7-19-8-6-13/h2-9,11-12H,10H2,1H3. The highest BCUT2D eigenvalue weighted by Crippen LogP contribution is 2.24. The zero-order valence-electron chi connectivity index (χ0n) is 14.0. The number of rotatable bonds is 5. The van der Waals surface area contributed by atoms with Crippen molar-refractivity contribution >= 4 is 17.0 Å². The summed E-state index contributed by atoms with van der Waals surface area (Å²) >= 11 is 0. The number of aromatic nitrogens is 5. The first-order valence-electron chi connectivity index (χ1n) is 7.94. The molecular weight excluding hydrogens is 330 g/mol. The lowest BCUT2D eigenvalue weighted by Gasteiger charge is -2.05. The highest BCUT2D eigenvalue weighted by Gasteiger charge is 2.11. The van der Waals surface area contributed by atoms with Crippen LogP contribution < -0.4 is 4.74 Å². The average Bonchev–Trinajstić information content (AvgIpc) is 3.14. The summed E-state index contributed by atoms with van der Waals surface area (Å²) in [5, 5.41) is 8.43. The van der Waals surface area contributed by atoms with Crippen LogP contribution in [0.3, 0.4) is 0 Å². The summed E-state index contributed by atoms with van der Waals surface area (Å²) in [4.78, 5) is 16.9. The van der Waals surface area contributed by atoms with Crippen molar-refractivity contribution in [2.45, 2.75) is 6.54 Å². The number of ether oxygens (including phenoxy) is 1. The Kier molecular flexibility index (Phi) is 4.29. The smallest absolute Gasteiger partial charge is 0.205 e. The molecule has 128 valence electrons. The minimum Gasteiger partial charge on any atom is -0.497 e. The van der Waals surface area contributed by atoms with Gasteiger partial charge in [-0.25, -0.2) is 15.0 Å². The topological polar surface area (TPSA) is 90.4 Å². The molecule has 0 unspecified atom stereocenters. The molecule has 3 heterocycles. The maximum Gasteiger partial charge on any atom is 0.205 e. The van der Waals surface area contributed by atoms with Crippen LogP contribution in [0.1, 0.15) is 5.56 Å².